The summed E-state index contributed by atoms with van der Waals surface area (Å²) in [6.07, 6.45) is 3.85. The van der Waals surface area contributed by atoms with Gasteiger partial charge >= 0.3 is 0 Å². The molecule has 0 unspecified atom stereocenters. The van der Waals surface area contributed by atoms with E-state index in [1.165, 1.54) is 6.33 Å². The van der Waals surface area contributed by atoms with Crippen molar-refractivity contribution < 1.29 is 9.53 Å². The first-order valence-corrected chi connectivity index (χ1v) is 9.83. The van der Waals surface area contributed by atoms with E-state index in [2.05, 4.69) is 25.2 Å². The van der Waals surface area contributed by atoms with Gasteiger partial charge in [0, 0.05) is 30.5 Å². The van der Waals surface area contributed by atoms with Crippen LogP contribution in [0, 0.1) is 0 Å². The highest BCUT2D eigenvalue weighted by Crippen LogP contribution is 2.32. The summed E-state index contributed by atoms with van der Waals surface area (Å²) in [6.45, 7) is 3.04. The van der Waals surface area contributed by atoms with Gasteiger partial charge in [0.1, 0.15) is 23.7 Å². The lowest BCUT2D eigenvalue weighted by molar-refractivity contribution is -0.105. The molecule has 0 spiro atoms. The van der Waals surface area contributed by atoms with Gasteiger partial charge in [0.05, 0.1) is 24.3 Å². The van der Waals surface area contributed by atoms with Crippen molar-refractivity contribution in [3.8, 4) is 16.9 Å². The largest absolute Gasteiger partial charge is 0.383 e. The number of carbonyl (C=O) groups excluding carboxylic acids is 1. The van der Waals surface area contributed by atoms with Crippen LogP contribution in [0.5, 0.6) is 0 Å². The number of ether oxygens (including phenoxy) is 1. The predicted octanol–water partition coefficient (Wildman–Crippen LogP) is 1.86. The van der Waals surface area contributed by atoms with E-state index in [1.807, 2.05) is 24.3 Å². The van der Waals surface area contributed by atoms with Gasteiger partial charge in [-0.2, -0.15) is 5.10 Å². The predicted molar refractivity (Wildman–Crippen MR) is 117 cm³/mol. The minimum absolute atomic E-state index is 0.350. The normalized spacial score (nSPS) is 14.0. The smallest absolute Gasteiger partial charge is 0.211 e. The van der Waals surface area contributed by atoms with Gasteiger partial charge in [-0.15, -0.1) is 0 Å². The second-order valence-corrected chi connectivity index (χ2v) is 7.03. The summed E-state index contributed by atoms with van der Waals surface area (Å²) in [6, 6.07) is 11.2. The molecule has 1 aliphatic rings. The van der Waals surface area contributed by atoms with Gasteiger partial charge in [-0.25, -0.2) is 19.6 Å². The summed E-state index contributed by atoms with van der Waals surface area (Å²) in [7, 11) is 0. The molecule has 4 aromatic rings. The average Bonchev–Trinajstić information content (AvgIpc) is 3.22. The van der Waals surface area contributed by atoms with Crippen LogP contribution in [0.15, 0.2) is 48.9 Å². The minimum atomic E-state index is 0.350. The Balaban J connectivity index is 1.57. The van der Waals surface area contributed by atoms with Gasteiger partial charge in [0.25, 0.3) is 0 Å². The SMILES string of the molecule is Nc1ncnc2c1c(-c1ccc(N3CCOCC3)nc1)nn2-c1ccc(NC=O)cc1. The molecule has 5 rings (SSSR count). The second-order valence-electron chi connectivity index (χ2n) is 7.03. The number of pyridine rings is 1. The van der Waals surface area contributed by atoms with E-state index in [9.17, 15) is 4.79 Å². The molecular weight excluding hydrogens is 396 g/mol. The number of nitrogens with two attached hydrogens (primary N) is 1. The molecule has 0 radical (unpaired) electrons. The Morgan fingerprint density at radius 2 is 1.84 bits per heavy atom. The van der Waals surface area contributed by atoms with E-state index in [0.717, 1.165) is 30.2 Å². The molecule has 0 aliphatic carbocycles. The summed E-state index contributed by atoms with van der Waals surface area (Å²) in [5.41, 5.74) is 9.74. The number of fused-ring (bicyclic) bond motifs is 1. The number of carbonyl (C=O) groups is 1. The number of anilines is 3. The Bertz CT molecular complexity index is 1210. The molecule has 1 saturated heterocycles. The zero-order valence-electron chi connectivity index (χ0n) is 16.6. The highest BCUT2D eigenvalue weighted by Gasteiger charge is 2.19. The Morgan fingerprint density at radius 1 is 1.03 bits per heavy atom. The van der Waals surface area contributed by atoms with Crippen LogP contribution < -0.4 is 16.0 Å². The van der Waals surface area contributed by atoms with Gasteiger partial charge in [0.15, 0.2) is 5.65 Å². The number of aromatic nitrogens is 5. The van der Waals surface area contributed by atoms with Crippen LogP contribution in [0.3, 0.4) is 0 Å². The molecule has 4 heterocycles. The number of hydrogen-bond donors (Lipinski definition) is 2. The van der Waals surface area contributed by atoms with E-state index < -0.39 is 0 Å². The second kappa shape index (κ2) is 8.00. The minimum Gasteiger partial charge on any atom is -0.383 e. The van der Waals surface area contributed by atoms with Crippen molar-refractivity contribution in [2.75, 3.05) is 42.3 Å². The van der Waals surface area contributed by atoms with Gasteiger partial charge in [-0.3, -0.25) is 4.79 Å². The van der Waals surface area contributed by atoms with Crippen LogP contribution in [-0.4, -0.2) is 57.4 Å². The van der Waals surface area contributed by atoms with Crippen LogP contribution >= 0.6 is 0 Å². The monoisotopic (exact) mass is 416 g/mol. The molecule has 1 fully saturated rings. The lowest BCUT2D eigenvalue weighted by Gasteiger charge is -2.27. The molecule has 0 saturated carbocycles. The third kappa shape index (κ3) is 3.53. The first-order valence-electron chi connectivity index (χ1n) is 9.83. The van der Waals surface area contributed by atoms with E-state index in [4.69, 9.17) is 15.6 Å². The standard InChI is InChI=1S/C21H20N8O2/c22-20-18-19(14-1-6-17(23-11-14)28-7-9-31-10-8-28)27-29(21(18)25-12-24-20)16-4-2-15(3-5-16)26-13-30/h1-6,11-13H,7-10H2,(H,26,30)(H2,22,24,25). The number of nitrogens with one attached hydrogen (secondary N) is 1. The number of hydrogen-bond acceptors (Lipinski definition) is 8. The van der Waals surface area contributed by atoms with Crippen LogP contribution in [0.2, 0.25) is 0 Å². The topological polar surface area (TPSA) is 124 Å². The van der Waals surface area contributed by atoms with Crippen molar-refractivity contribution in [3.05, 3.63) is 48.9 Å². The van der Waals surface area contributed by atoms with Gasteiger partial charge in [-0.05, 0) is 36.4 Å². The van der Waals surface area contributed by atoms with Crippen LogP contribution in [0.4, 0.5) is 17.3 Å². The molecule has 1 amide bonds. The van der Waals surface area contributed by atoms with E-state index in [0.29, 0.717) is 47.9 Å². The number of benzene rings is 1. The molecule has 3 aromatic heterocycles. The number of amides is 1. The summed E-state index contributed by atoms with van der Waals surface area (Å²) in [4.78, 5) is 26.0. The maximum atomic E-state index is 10.7. The number of nitrogen functional groups attached to an aromatic ring is 1. The van der Waals surface area contributed by atoms with Crippen molar-refractivity contribution in [2.24, 2.45) is 0 Å². The van der Waals surface area contributed by atoms with E-state index >= 15 is 0 Å². The molecule has 10 heteroatoms. The molecule has 0 bridgehead atoms. The maximum absolute atomic E-state index is 10.7. The lowest BCUT2D eigenvalue weighted by atomic mass is 10.1. The quantitative estimate of drug-likeness (QED) is 0.473. The Kier molecular flexibility index (Phi) is 4.89. The lowest BCUT2D eigenvalue weighted by Crippen LogP contribution is -2.36. The molecule has 10 nitrogen and oxygen atoms in total. The Labute approximate surface area is 177 Å². The average molecular weight is 416 g/mol. The van der Waals surface area contributed by atoms with Gasteiger partial charge in [-0.1, -0.05) is 0 Å². The van der Waals surface area contributed by atoms with Crippen LogP contribution in [0.1, 0.15) is 0 Å². The Morgan fingerprint density at radius 3 is 2.55 bits per heavy atom. The first kappa shape index (κ1) is 18.9. The molecular formula is C21H20N8O2. The van der Waals surface area contributed by atoms with Crippen molar-refractivity contribution in [1.82, 2.24) is 24.7 Å². The Hall–Kier alpha value is -4.05. The molecule has 3 N–H and O–H groups in total. The summed E-state index contributed by atoms with van der Waals surface area (Å²) >= 11 is 0. The zero-order chi connectivity index (χ0) is 21.2. The fourth-order valence-electron chi connectivity index (χ4n) is 3.63. The number of morpholine rings is 1. The third-order valence-corrected chi connectivity index (χ3v) is 5.19. The molecule has 156 valence electrons. The molecule has 1 aliphatic heterocycles. The van der Waals surface area contributed by atoms with Crippen molar-refractivity contribution in [3.63, 3.8) is 0 Å². The summed E-state index contributed by atoms with van der Waals surface area (Å²) in [5, 5.41) is 8.06. The van der Waals surface area contributed by atoms with Gasteiger partial charge in [0.2, 0.25) is 6.41 Å². The summed E-state index contributed by atoms with van der Waals surface area (Å²) in [5.74, 6) is 1.25. The van der Waals surface area contributed by atoms with Gasteiger partial charge < -0.3 is 20.7 Å². The number of rotatable bonds is 5. The van der Waals surface area contributed by atoms with Crippen LogP contribution in [0.25, 0.3) is 28.0 Å². The highest BCUT2D eigenvalue weighted by atomic mass is 16.5. The zero-order valence-corrected chi connectivity index (χ0v) is 16.6. The third-order valence-electron chi connectivity index (χ3n) is 5.19. The van der Waals surface area contributed by atoms with E-state index in [-0.39, 0.29) is 0 Å². The fraction of sp³-hybridized carbons (Fsp3) is 0.190. The van der Waals surface area contributed by atoms with Crippen molar-refractivity contribution in [1.29, 1.82) is 0 Å². The number of nitrogens with zero attached hydrogens (tertiary/aromatic N) is 6. The highest BCUT2D eigenvalue weighted by molar-refractivity contribution is 5.98. The van der Waals surface area contributed by atoms with Crippen molar-refractivity contribution in [2.45, 2.75) is 0 Å². The van der Waals surface area contributed by atoms with E-state index in [1.54, 1.807) is 23.0 Å². The van der Waals surface area contributed by atoms with Crippen molar-refractivity contribution >= 4 is 34.8 Å². The molecule has 31 heavy (non-hydrogen) atoms. The fourth-order valence-corrected chi connectivity index (χ4v) is 3.63. The molecule has 0 atom stereocenters. The first-order chi connectivity index (χ1) is 15.2. The molecule has 1 aromatic carbocycles. The maximum Gasteiger partial charge on any atom is 0.211 e. The van der Waals surface area contributed by atoms with Crippen LogP contribution in [-0.2, 0) is 9.53 Å². The summed E-state index contributed by atoms with van der Waals surface area (Å²) < 4.78 is 7.12.